The van der Waals surface area contributed by atoms with Crippen molar-refractivity contribution in [3.05, 3.63) is 34.1 Å². The average Bonchev–Trinajstić information content (AvgIpc) is 2.77. The van der Waals surface area contributed by atoms with E-state index >= 15 is 0 Å². The van der Waals surface area contributed by atoms with Crippen LogP contribution in [0.5, 0.6) is 0 Å². The third kappa shape index (κ3) is 3.04. The van der Waals surface area contributed by atoms with Gasteiger partial charge in [0.25, 0.3) is 0 Å². The molecule has 2 atom stereocenters. The number of hydrogen-bond donors (Lipinski definition) is 1. The first-order valence-electron chi connectivity index (χ1n) is 6.63. The Hall–Kier alpha value is -0.940. The Labute approximate surface area is 126 Å². The lowest BCUT2D eigenvalue weighted by atomic mass is 9.89. The number of benzene rings is 1. The highest BCUT2D eigenvalue weighted by Crippen LogP contribution is 2.37. The minimum Gasteiger partial charge on any atom is -0.481 e. The second-order valence-electron chi connectivity index (χ2n) is 6.30. The molecule has 0 spiro atoms. The van der Waals surface area contributed by atoms with Crippen LogP contribution in [0.15, 0.2) is 22.7 Å². The topological polar surface area (TPSA) is 40.5 Å². The standard InChI is InChI=1S/C15H19BrFNO2/c1-15(2,3)18-7-10(11(8-18)14(19)20)9-4-5-13(17)12(16)6-9/h4-6,10-11H,7-8H2,1-3H3,(H,19,20)/t10-,11+/m0/s1. The number of carboxylic acid groups (broad SMARTS) is 1. The highest BCUT2D eigenvalue weighted by Gasteiger charge is 2.42. The molecule has 1 aliphatic heterocycles. The summed E-state index contributed by atoms with van der Waals surface area (Å²) in [7, 11) is 0. The van der Waals surface area contributed by atoms with Gasteiger partial charge in [0.1, 0.15) is 5.82 Å². The minimum atomic E-state index is -0.790. The predicted octanol–water partition coefficient (Wildman–Crippen LogP) is 3.49. The summed E-state index contributed by atoms with van der Waals surface area (Å²) in [6, 6.07) is 4.77. The lowest BCUT2D eigenvalue weighted by Crippen LogP contribution is -2.40. The predicted molar refractivity (Wildman–Crippen MR) is 79.3 cm³/mol. The van der Waals surface area contributed by atoms with Crippen molar-refractivity contribution >= 4 is 21.9 Å². The highest BCUT2D eigenvalue weighted by molar-refractivity contribution is 9.10. The van der Waals surface area contributed by atoms with Crippen LogP contribution in [0, 0.1) is 11.7 Å². The van der Waals surface area contributed by atoms with Gasteiger partial charge in [-0.15, -0.1) is 0 Å². The Balaban J connectivity index is 2.32. The number of rotatable bonds is 2. The molecule has 1 aromatic rings. The van der Waals surface area contributed by atoms with Crippen molar-refractivity contribution in [2.45, 2.75) is 32.2 Å². The second kappa shape index (κ2) is 5.45. The molecule has 0 amide bonds. The van der Waals surface area contributed by atoms with Crippen LogP contribution in [0.3, 0.4) is 0 Å². The number of likely N-dealkylation sites (tertiary alicyclic amines) is 1. The molecule has 110 valence electrons. The molecule has 1 aliphatic rings. The van der Waals surface area contributed by atoms with Crippen LogP contribution in [-0.2, 0) is 4.79 Å². The molecule has 0 aliphatic carbocycles. The first-order valence-corrected chi connectivity index (χ1v) is 7.42. The summed E-state index contributed by atoms with van der Waals surface area (Å²) in [6.07, 6.45) is 0. The molecular weight excluding hydrogens is 325 g/mol. The largest absolute Gasteiger partial charge is 0.481 e. The van der Waals surface area contributed by atoms with Crippen LogP contribution >= 0.6 is 15.9 Å². The fourth-order valence-corrected chi connectivity index (χ4v) is 3.08. The summed E-state index contributed by atoms with van der Waals surface area (Å²) in [5.74, 6) is -1.68. The minimum absolute atomic E-state index is 0.0697. The van der Waals surface area contributed by atoms with Crippen LogP contribution in [0.25, 0.3) is 0 Å². The maximum Gasteiger partial charge on any atom is 0.308 e. The van der Waals surface area contributed by atoms with Gasteiger partial charge in [0, 0.05) is 24.5 Å². The number of aliphatic carboxylic acids is 1. The lowest BCUT2D eigenvalue weighted by molar-refractivity contribution is -0.141. The van der Waals surface area contributed by atoms with Crippen LogP contribution in [-0.4, -0.2) is 34.6 Å². The van der Waals surface area contributed by atoms with Gasteiger partial charge in [0.05, 0.1) is 10.4 Å². The molecule has 1 heterocycles. The third-order valence-electron chi connectivity index (χ3n) is 3.96. The highest BCUT2D eigenvalue weighted by atomic mass is 79.9. The van der Waals surface area contributed by atoms with E-state index in [1.54, 1.807) is 12.1 Å². The molecule has 1 saturated heterocycles. The summed E-state index contributed by atoms with van der Waals surface area (Å²) in [5, 5.41) is 9.44. The van der Waals surface area contributed by atoms with Crippen LogP contribution in [0.4, 0.5) is 4.39 Å². The van der Waals surface area contributed by atoms with Gasteiger partial charge < -0.3 is 5.11 Å². The van der Waals surface area contributed by atoms with E-state index in [9.17, 15) is 14.3 Å². The molecule has 0 unspecified atom stereocenters. The van der Waals surface area contributed by atoms with Gasteiger partial charge in [0.2, 0.25) is 0 Å². The molecular formula is C15H19BrFNO2. The lowest BCUT2D eigenvalue weighted by Gasteiger charge is -2.31. The SMILES string of the molecule is CC(C)(C)N1C[C@@H](C(=O)O)[C@H](c2ccc(F)c(Br)c2)C1. The first-order chi connectivity index (χ1) is 9.20. The van der Waals surface area contributed by atoms with Crippen molar-refractivity contribution in [3.63, 3.8) is 0 Å². The number of halogens is 2. The van der Waals surface area contributed by atoms with Gasteiger partial charge in [-0.1, -0.05) is 6.07 Å². The van der Waals surface area contributed by atoms with Crippen LogP contribution < -0.4 is 0 Å². The van der Waals surface area contributed by atoms with E-state index in [1.807, 2.05) is 0 Å². The molecule has 1 N–H and O–H groups in total. The van der Waals surface area contributed by atoms with Crippen LogP contribution in [0.2, 0.25) is 0 Å². The zero-order valence-corrected chi connectivity index (χ0v) is 13.4. The quantitative estimate of drug-likeness (QED) is 0.893. The molecule has 0 saturated carbocycles. The van der Waals surface area contributed by atoms with Crippen molar-refractivity contribution in [3.8, 4) is 0 Å². The van der Waals surface area contributed by atoms with Crippen molar-refractivity contribution in [2.75, 3.05) is 13.1 Å². The third-order valence-corrected chi connectivity index (χ3v) is 4.57. The van der Waals surface area contributed by atoms with Crippen molar-refractivity contribution in [1.29, 1.82) is 0 Å². The van der Waals surface area contributed by atoms with E-state index < -0.39 is 11.9 Å². The number of carbonyl (C=O) groups is 1. The molecule has 20 heavy (non-hydrogen) atoms. The van der Waals surface area contributed by atoms with E-state index in [1.165, 1.54) is 6.07 Å². The van der Waals surface area contributed by atoms with Crippen molar-refractivity contribution in [2.24, 2.45) is 5.92 Å². The Bertz CT molecular complexity index is 527. The van der Waals surface area contributed by atoms with Gasteiger partial charge in [0.15, 0.2) is 0 Å². The Kier molecular flexibility index (Phi) is 4.21. The van der Waals surface area contributed by atoms with Gasteiger partial charge in [-0.2, -0.15) is 0 Å². The summed E-state index contributed by atoms with van der Waals surface area (Å²) in [6.45, 7) is 7.44. The maximum atomic E-state index is 13.3. The molecule has 5 heteroatoms. The summed E-state index contributed by atoms with van der Waals surface area (Å²) in [5.41, 5.74) is 0.803. The summed E-state index contributed by atoms with van der Waals surface area (Å²) >= 11 is 3.17. The van der Waals surface area contributed by atoms with E-state index in [0.29, 0.717) is 17.6 Å². The second-order valence-corrected chi connectivity index (χ2v) is 7.15. The van der Waals surface area contributed by atoms with Gasteiger partial charge >= 0.3 is 5.97 Å². The van der Waals surface area contributed by atoms with E-state index in [-0.39, 0.29) is 17.3 Å². The summed E-state index contributed by atoms with van der Waals surface area (Å²) < 4.78 is 13.7. The zero-order valence-electron chi connectivity index (χ0n) is 11.9. The average molecular weight is 344 g/mol. The van der Waals surface area contributed by atoms with E-state index in [2.05, 4.69) is 41.6 Å². The van der Waals surface area contributed by atoms with E-state index in [0.717, 1.165) is 5.56 Å². The summed E-state index contributed by atoms with van der Waals surface area (Å²) in [4.78, 5) is 13.7. The number of carboxylic acids is 1. The molecule has 1 fully saturated rings. The monoisotopic (exact) mass is 343 g/mol. The van der Waals surface area contributed by atoms with Gasteiger partial charge in [-0.3, -0.25) is 9.69 Å². The first kappa shape index (κ1) is 15.4. The molecule has 0 aromatic heterocycles. The molecule has 1 aromatic carbocycles. The maximum absolute atomic E-state index is 13.3. The fraction of sp³-hybridized carbons (Fsp3) is 0.533. The fourth-order valence-electron chi connectivity index (χ4n) is 2.68. The molecule has 0 radical (unpaired) electrons. The van der Waals surface area contributed by atoms with Crippen molar-refractivity contribution in [1.82, 2.24) is 4.90 Å². The van der Waals surface area contributed by atoms with Gasteiger partial charge in [-0.05, 0) is 54.4 Å². The van der Waals surface area contributed by atoms with Crippen LogP contribution in [0.1, 0.15) is 32.3 Å². The Morgan fingerprint density at radius 3 is 2.55 bits per heavy atom. The van der Waals surface area contributed by atoms with Gasteiger partial charge in [-0.25, -0.2) is 4.39 Å². The zero-order chi connectivity index (χ0) is 15.1. The number of nitrogens with zero attached hydrogens (tertiary/aromatic N) is 1. The molecule has 3 nitrogen and oxygen atoms in total. The Morgan fingerprint density at radius 1 is 1.40 bits per heavy atom. The number of hydrogen-bond acceptors (Lipinski definition) is 2. The molecule has 2 rings (SSSR count). The molecule has 0 bridgehead atoms. The van der Waals surface area contributed by atoms with E-state index in [4.69, 9.17) is 0 Å². The Morgan fingerprint density at radius 2 is 2.05 bits per heavy atom. The van der Waals surface area contributed by atoms with Crippen molar-refractivity contribution < 1.29 is 14.3 Å². The smallest absolute Gasteiger partial charge is 0.308 e. The normalized spacial score (nSPS) is 24.1.